The summed E-state index contributed by atoms with van der Waals surface area (Å²) < 4.78 is 10.7. The van der Waals surface area contributed by atoms with Gasteiger partial charge >= 0.3 is 0 Å². The van der Waals surface area contributed by atoms with Crippen LogP contribution in [0, 0.1) is 11.8 Å². The number of hydrogen-bond acceptors (Lipinski definition) is 3. The number of ether oxygens (including phenoxy) is 2. The van der Waals surface area contributed by atoms with E-state index in [0.717, 1.165) is 24.5 Å². The Morgan fingerprint density at radius 3 is 2.20 bits per heavy atom. The summed E-state index contributed by atoms with van der Waals surface area (Å²) in [7, 11) is 3.34. The van der Waals surface area contributed by atoms with Gasteiger partial charge < -0.3 is 14.8 Å². The van der Waals surface area contributed by atoms with E-state index in [1.807, 2.05) is 6.07 Å². The van der Waals surface area contributed by atoms with Gasteiger partial charge in [-0.05, 0) is 42.5 Å². The molecule has 1 aromatic rings. The van der Waals surface area contributed by atoms with Crippen molar-refractivity contribution in [2.24, 2.45) is 11.8 Å². The lowest BCUT2D eigenvalue weighted by Gasteiger charge is -2.23. The minimum atomic E-state index is 0.357. The molecule has 0 saturated carbocycles. The van der Waals surface area contributed by atoms with E-state index in [-0.39, 0.29) is 0 Å². The van der Waals surface area contributed by atoms with Crippen molar-refractivity contribution in [1.82, 2.24) is 5.32 Å². The molecule has 1 rings (SSSR count). The highest BCUT2D eigenvalue weighted by Gasteiger charge is 2.14. The molecule has 3 nitrogen and oxygen atoms in total. The molecule has 1 aromatic carbocycles. The third-order valence-corrected chi connectivity index (χ3v) is 4.04. The van der Waals surface area contributed by atoms with Gasteiger partial charge in [-0.1, -0.05) is 33.8 Å². The third-order valence-electron chi connectivity index (χ3n) is 4.04. The number of nitrogens with one attached hydrogen (secondary N) is 1. The van der Waals surface area contributed by atoms with E-state index in [4.69, 9.17) is 9.47 Å². The Bertz CT molecular complexity index is 404. The van der Waals surface area contributed by atoms with E-state index in [0.29, 0.717) is 17.9 Å². The van der Waals surface area contributed by atoms with E-state index < -0.39 is 0 Å². The van der Waals surface area contributed by atoms with E-state index in [9.17, 15) is 0 Å². The van der Waals surface area contributed by atoms with Gasteiger partial charge in [0.25, 0.3) is 0 Å². The molecule has 0 heterocycles. The normalized spacial score (nSPS) is 14.2. The van der Waals surface area contributed by atoms with Crippen molar-refractivity contribution < 1.29 is 9.47 Å². The van der Waals surface area contributed by atoms with Crippen LogP contribution < -0.4 is 14.8 Å². The van der Waals surface area contributed by atoms with E-state index in [1.54, 1.807) is 14.2 Å². The SMILES string of the molecule is CCC(NCC(C)C(C)C)c1ccc(OC)c(OC)c1. The second-order valence-corrected chi connectivity index (χ2v) is 5.70. The second-order valence-electron chi connectivity index (χ2n) is 5.70. The van der Waals surface area contributed by atoms with Crippen molar-refractivity contribution in [3.05, 3.63) is 23.8 Å². The maximum absolute atomic E-state index is 5.38. The molecule has 2 unspecified atom stereocenters. The fraction of sp³-hybridized carbons (Fsp3) is 0.647. The molecule has 0 aromatic heterocycles. The first-order valence-corrected chi connectivity index (χ1v) is 7.48. The molecule has 0 bridgehead atoms. The third kappa shape index (κ3) is 4.41. The number of methoxy groups -OCH3 is 2. The quantitative estimate of drug-likeness (QED) is 0.779. The lowest BCUT2D eigenvalue weighted by atomic mass is 9.96. The van der Waals surface area contributed by atoms with Crippen LogP contribution in [-0.4, -0.2) is 20.8 Å². The highest BCUT2D eigenvalue weighted by molar-refractivity contribution is 5.43. The first kappa shape index (κ1) is 16.8. The maximum Gasteiger partial charge on any atom is 0.161 e. The van der Waals surface area contributed by atoms with Crippen LogP contribution in [0.15, 0.2) is 18.2 Å². The summed E-state index contributed by atoms with van der Waals surface area (Å²) in [4.78, 5) is 0. The Morgan fingerprint density at radius 2 is 1.70 bits per heavy atom. The molecule has 0 fully saturated rings. The number of hydrogen-bond donors (Lipinski definition) is 1. The van der Waals surface area contributed by atoms with Crippen molar-refractivity contribution in [1.29, 1.82) is 0 Å². The number of rotatable bonds is 8. The van der Waals surface area contributed by atoms with Crippen molar-refractivity contribution in [2.75, 3.05) is 20.8 Å². The van der Waals surface area contributed by atoms with Gasteiger partial charge in [0, 0.05) is 6.04 Å². The first-order chi connectivity index (χ1) is 9.53. The van der Waals surface area contributed by atoms with Gasteiger partial charge in [0.1, 0.15) is 0 Å². The van der Waals surface area contributed by atoms with Crippen LogP contribution in [0.4, 0.5) is 0 Å². The Balaban J connectivity index is 2.79. The predicted octanol–water partition coefficient (Wildman–Crippen LogP) is 4.04. The zero-order valence-corrected chi connectivity index (χ0v) is 13.7. The Morgan fingerprint density at radius 1 is 1.05 bits per heavy atom. The summed E-state index contributed by atoms with van der Waals surface area (Å²) in [6.07, 6.45) is 1.06. The van der Waals surface area contributed by atoms with Gasteiger partial charge in [0.2, 0.25) is 0 Å². The summed E-state index contributed by atoms with van der Waals surface area (Å²) in [5, 5.41) is 3.66. The van der Waals surface area contributed by atoms with E-state index in [1.165, 1.54) is 5.56 Å². The summed E-state index contributed by atoms with van der Waals surface area (Å²) in [6.45, 7) is 10.1. The van der Waals surface area contributed by atoms with Crippen molar-refractivity contribution >= 4 is 0 Å². The molecule has 0 spiro atoms. The Hall–Kier alpha value is -1.22. The minimum absolute atomic E-state index is 0.357. The summed E-state index contributed by atoms with van der Waals surface area (Å²) in [5.41, 5.74) is 1.25. The smallest absolute Gasteiger partial charge is 0.161 e. The molecule has 2 atom stereocenters. The molecule has 1 N–H and O–H groups in total. The molecule has 0 saturated heterocycles. The van der Waals surface area contributed by atoms with Crippen LogP contribution in [-0.2, 0) is 0 Å². The van der Waals surface area contributed by atoms with Crippen LogP contribution >= 0.6 is 0 Å². The molecule has 0 radical (unpaired) electrons. The van der Waals surface area contributed by atoms with Crippen molar-refractivity contribution in [2.45, 2.75) is 40.2 Å². The zero-order valence-electron chi connectivity index (χ0n) is 13.7. The zero-order chi connectivity index (χ0) is 15.1. The van der Waals surface area contributed by atoms with Gasteiger partial charge in [-0.2, -0.15) is 0 Å². The fourth-order valence-electron chi connectivity index (χ4n) is 2.13. The molecule has 0 aliphatic rings. The minimum Gasteiger partial charge on any atom is -0.493 e. The maximum atomic E-state index is 5.38. The molecule has 114 valence electrons. The highest BCUT2D eigenvalue weighted by atomic mass is 16.5. The molecular weight excluding hydrogens is 250 g/mol. The molecule has 0 aliphatic heterocycles. The Labute approximate surface area is 123 Å². The van der Waals surface area contributed by atoms with Crippen LogP contribution in [0.5, 0.6) is 11.5 Å². The van der Waals surface area contributed by atoms with Gasteiger partial charge in [-0.3, -0.25) is 0 Å². The molecule has 0 aliphatic carbocycles. The predicted molar refractivity (Wildman–Crippen MR) is 84.6 cm³/mol. The van der Waals surface area contributed by atoms with E-state index in [2.05, 4.69) is 45.1 Å². The van der Waals surface area contributed by atoms with Crippen LogP contribution in [0.25, 0.3) is 0 Å². The van der Waals surface area contributed by atoms with Gasteiger partial charge in [0.05, 0.1) is 14.2 Å². The lowest BCUT2D eigenvalue weighted by Crippen LogP contribution is -2.28. The fourth-order valence-corrected chi connectivity index (χ4v) is 2.13. The standard InChI is InChI=1S/C17H29NO2/c1-7-15(18-11-13(4)12(2)3)14-8-9-16(19-5)17(10-14)20-6/h8-10,12-13,15,18H,7,11H2,1-6H3. The average Bonchev–Trinajstić information content (AvgIpc) is 2.47. The van der Waals surface area contributed by atoms with Gasteiger partial charge in [-0.15, -0.1) is 0 Å². The van der Waals surface area contributed by atoms with Gasteiger partial charge in [0.15, 0.2) is 11.5 Å². The van der Waals surface area contributed by atoms with E-state index >= 15 is 0 Å². The molecular formula is C17H29NO2. The molecule has 20 heavy (non-hydrogen) atoms. The largest absolute Gasteiger partial charge is 0.493 e. The first-order valence-electron chi connectivity index (χ1n) is 7.48. The Kier molecular flexibility index (Phi) is 6.86. The van der Waals surface area contributed by atoms with Crippen LogP contribution in [0.3, 0.4) is 0 Å². The topological polar surface area (TPSA) is 30.5 Å². The van der Waals surface area contributed by atoms with Crippen molar-refractivity contribution in [3.63, 3.8) is 0 Å². The average molecular weight is 279 g/mol. The summed E-state index contributed by atoms with van der Waals surface area (Å²) in [5.74, 6) is 2.94. The molecule has 3 heteroatoms. The van der Waals surface area contributed by atoms with Crippen LogP contribution in [0.2, 0.25) is 0 Å². The van der Waals surface area contributed by atoms with Crippen LogP contribution in [0.1, 0.15) is 45.7 Å². The van der Waals surface area contributed by atoms with Gasteiger partial charge in [-0.25, -0.2) is 0 Å². The highest BCUT2D eigenvalue weighted by Crippen LogP contribution is 2.31. The molecule has 0 amide bonds. The number of benzene rings is 1. The summed E-state index contributed by atoms with van der Waals surface area (Å²) in [6, 6.07) is 6.52. The second kappa shape index (κ2) is 8.15. The van der Waals surface area contributed by atoms with Crippen molar-refractivity contribution in [3.8, 4) is 11.5 Å². The summed E-state index contributed by atoms with van der Waals surface area (Å²) >= 11 is 0. The monoisotopic (exact) mass is 279 g/mol. The lowest BCUT2D eigenvalue weighted by molar-refractivity contribution is 0.350.